The van der Waals surface area contributed by atoms with Gasteiger partial charge in [-0.15, -0.1) is 0 Å². The summed E-state index contributed by atoms with van der Waals surface area (Å²) in [5, 5.41) is 14.2. The number of rotatable bonds is 4. The standard InChI is InChI=1S/C10H17ClN2O/c1-4-5-9-8(6-14)10(11)13(12-9)7(2)3/h7,14H,4-6H2,1-3H3. The summed E-state index contributed by atoms with van der Waals surface area (Å²) in [6, 6.07) is 0.235. The summed E-state index contributed by atoms with van der Waals surface area (Å²) in [7, 11) is 0. The lowest BCUT2D eigenvalue weighted by Crippen LogP contribution is -2.03. The van der Waals surface area contributed by atoms with Crippen LogP contribution in [0, 0.1) is 0 Å². The van der Waals surface area contributed by atoms with E-state index < -0.39 is 0 Å². The molecule has 1 aromatic rings. The Labute approximate surface area is 89.7 Å². The first-order valence-electron chi connectivity index (χ1n) is 4.98. The van der Waals surface area contributed by atoms with Gasteiger partial charge in [0.05, 0.1) is 12.3 Å². The van der Waals surface area contributed by atoms with Gasteiger partial charge in [0, 0.05) is 11.6 Å². The van der Waals surface area contributed by atoms with Crippen molar-refractivity contribution in [1.29, 1.82) is 0 Å². The summed E-state index contributed by atoms with van der Waals surface area (Å²) >= 11 is 6.10. The number of nitrogens with zero attached hydrogens (tertiary/aromatic N) is 2. The van der Waals surface area contributed by atoms with E-state index in [2.05, 4.69) is 12.0 Å². The van der Waals surface area contributed by atoms with Gasteiger partial charge in [-0.2, -0.15) is 5.10 Å². The maximum Gasteiger partial charge on any atom is 0.133 e. The van der Waals surface area contributed by atoms with Gasteiger partial charge in [-0.3, -0.25) is 4.68 Å². The molecule has 0 aliphatic carbocycles. The Morgan fingerprint density at radius 1 is 1.50 bits per heavy atom. The molecule has 0 fully saturated rings. The number of aromatic nitrogens is 2. The molecule has 0 amide bonds. The van der Waals surface area contributed by atoms with Crippen LogP contribution in [0.4, 0.5) is 0 Å². The van der Waals surface area contributed by atoms with Crippen molar-refractivity contribution in [3.05, 3.63) is 16.4 Å². The highest BCUT2D eigenvalue weighted by Gasteiger charge is 2.16. The molecule has 0 atom stereocenters. The first kappa shape index (κ1) is 11.5. The summed E-state index contributed by atoms with van der Waals surface area (Å²) in [5.41, 5.74) is 1.70. The molecule has 1 heterocycles. The summed E-state index contributed by atoms with van der Waals surface area (Å²) in [6.07, 6.45) is 1.88. The quantitative estimate of drug-likeness (QED) is 0.840. The van der Waals surface area contributed by atoms with E-state index >= 15 is 0 Å². The maximum absolute atomic E-state index is 9.18. The monoisotopic (exact) mass is 216 g/mol. The van der Waals surface area contributed by atoms with Crippen molar-refractivity contribution in [3.63, 3.8) is 0 Å². The lowest BCUT2D eigenvalue weighted by Gasteiger charge is -2.05. The molecule has 0 aliphatic rings. The number of halogens is 1. The van der Waals surface area contributed by atoms with Crippen LogP contribution in [0.3, 0.4) is 0 Å². The van der Waals surface area contributed by atoms with Gasteiger partial charge in [0.2, 0.25) is 0 Å². The number of hydrogen-bond donors (Lipinski definition) is 1. The van der Waals surface area contributed by atoms with Crippen LogP contribution in [-0.2, 0) is 13.0 Å². The predicted octanol–water partition coefficient (Wildman–Crippen LogP) is 2.56. The highest BCUT2D eigenvalue weighted by atomic mass is 35.5. The summed E-state index contributed by atoms with van der Waals surface area (Å²) in [5.74, 6) is 0. The van der Waals surface area contributed by atoms with E-state index in [0.717, 1.165) is 24.1 Å². The largest absolute Gasteiger partial charge is 0.391 e. The van der Waals surface area contributed by atoms with Crippen LogP contribution < -0.4 is 0 Å². The lowest BCUT2D eigenvalue weighted by molar-refractivity contribution is 0.280. The summed E-state index contributed by atoms with van der Waals surface area (Å²) in [6.45, 7) is 6.11. The van der Waals surface area contributed by atoms with Crippen LogP contribution in [-0.4, -0.2) is 14.9 Å². The molecule has 3 nitrogen and oxygen atoms in total. The number of aliphatic hydroxyl groups is 1. The van der Waals surface area contributed by atoms with Gasteiger partial charge in [0.1, 0.15) is 5.15 Å². The molecule has 0 aromatic carbocycles. The molecule has 0 aliphatic heterocycles. The zero-order chi connectivity index (χ0) is 10.7. The van der Waals surface area contributed by atoms with Crippen molar-refractivity contribution >= 4 is 11.6 Å². The zero-order valence-corrected chi connectivity index (χ0v) is 9.67. The molecule has 0 spiro atoms. The van der Waals surface area contributed by atoms with Crippen LogP contribution in [0.2, 0.25) is 5.15 Å². The van der Waals surface area contributed by atoms with Crippen LogP contribution in [0.5, 0.6) is 0 Å². The second-order valence-corrected chi connectivity index (χ2v) is 4.02. The van der Waals surface area contributed by atoms with E-state index in [1.54, 1.807) is 4.68 Å². The molecular formula is C10H17ClN2O. The van der Waals surface area contributed by atoms with Crippen molar-refractivity contribution < 1.29 is 5.11 Å². The average molecular weight is 217 g/mol. The fourth-order valence-corrected chi connectivity index (χ4v) is 1.83. The summed E-state index contributed by atoms with van der Waals surface area (Å²) in [4.78, 5) is 0. The van der Waals surface area contributed by atoms with Gasteiger partial charge in [0.25, 0.3) is 0 Å². The second kappa shape index (κ2) is 4.80. The van der Waals surface area contributed by atoms with Crippen LogP contribution >= 0.6 is 11.6 Å². The molecule has 0 saturated carbocycles. The van der Waals surface area contributed by atoms with Gasteiger partial charge in [0.15, 0.2) is 0 Å². The van der Waals surface area contributed by atoms with Crippen LogP contribution in [0.1, 0.15) is 44.5 Å². The highest BCUT2D eigenvalue weighted by Crippen LogP contribution is 2.24. The number of hydrogen-bond acceptors (Lipinski definition) is 2. The van der Waals surface area contributed by atoms with Crippen molar-refractivity contribution in [2.45, 2.75) is 46.3 Å². The minimum atomic E-state index is -0.0269. The molecule has 1 N–H and O–H groups in total. The van der Waals surface area contributed by atoms with Crippen molar-refractivity contribution in [2.75, 3.05) is 0 Å². The van der Waals surface area contributed by atoms with E-state index in [1.807, 2.05) is 13.8 Å². The molecule has 14 heavy (non-hydrogen) atoms. The Hall–Kier alpha value is -0.540. The SMILES string of the molecule is CCCc1nn(C(C)C)c(Cl)c1CO. The normalized spacial score (nSPS) is 11.3. The molecule has 1 rings (SSSR count). The zero-order valence-electron chi connectivity index (χ0n) is 8.92. The van der Waals surface area contributed by atoms with E-state index in [4.69, 9.17) is 11.6 Å². The molecular weight excluding hydrogens is 200 g/mol. The first-order valence-corrected chi connectivity index (χ1v) is 5.36. The third-order valence-electron chi connectivity index (χ3n) is 2.16. The van der Waals surface area contributed by atoms with Crippen molar-refractivity contribution in [2.24, 2.45) is 0 Å². The molecule has 0 unspecified atom stereocenters. The Kier molecular flexibility index (Phi) is 3.96. The van der Waals surface area contributed by atoms with E-state index in [9.17, 15) is 5.11 Å². The highest BCUT2D eigenvalue weighted by molar-refractivity contribution is 6.30. The van der Waals surface area contributed by atoms with E-state index in [-0.39, 0.29) is 12.6 Å². The van der Waals surface area contributed by atoms with Crippen LogP contribution in [0.25, 0.3) is 0 Å². The van der Waals surface area contributed by atoms with E-state index in [0.29, 0.717) is 5.15 Å². The molecule has 0 radical (unpaired) electrons. The number of aryl methyl sites for hydroxylation is 1. The average Bonchev–Trinajstić information content (AvgIpc) is 2.43. The van der Waals surface area contributed by atoms with Gasteiger partial charge < -0.3 is 5.11 Å². The van der Waals surface area contributed by atoms with Gasteiger partial charge >= 0.3 is 0 Å². The third-order valence-corrected chi connectivity index (χ3v) is 2.56. The van der Waals surface area contributed by atoms with Gasteiger partial charge in [-0.05, 0) is 20.3 Å². The Balaban J connectivity index is 3.10. The second-order valence-electron chi connectivity index (χ2n) is 3.66. The molecule has 0 bridgehead atoms. The Morgan fingerprint density at radius 2 is 2.14 bits per heavy atom. The first-order chi connectivity index (χ1) is 6.61. The fraction of sp³-hybridized carbons (Fsp3) is 0.700. The molecule has 4 heteroatoms. The predicted molar refractivity (Wildman–Crippen MR) is 57.5 cm³/mol. The van der Waals surface area contributed by atoms with Crippen LogP contribution in [0.15, 0.2) is 0 Å². The Morgan fingerprint density at radius 3 is 2.57 bits per heavy atom. The lowest BCUT2D eigenvalue weighted by atomic mass is 10.2. The minimum Gasteiger partial charge on any atom is -0.391 e. The van der Waals surface area contributed by atoms with Gasteiger partial charge in [-0.1, -0.05) is 24.9 Å². The molecule has 1 aromatic heterocycles. The van der Waals surface area contributed by atoms with E-state index in [1.165, 1.54) is 0 Å². The van der Waals surface area contributed by atoms with Gasteiger partial charge in [-0.25, -0.2) is 0 Å². The number of aliphatic hydroxyl groups excluding tert-OH is 1. The third kappa shape index (κ3) is 2.10. The minimum absolute atomic E-state index is 0.0269. The van der Waals surface area contributed by atoms with Crippen molar-refractivity contribution in [1.82, 2.24) is 9.78 Å². The Bertz CT molecular complexity index is 307. The van der Waals surface area contributed by atoms with Crippen molar-refractivity contribution in [3.8, 4) is 0 Å². The molecule has 80 valence electrons. The fourth-order valence-electron chi connectivity index (χ4n) is 1.43. The summed E-state index contributed by atoms with van der Waals surface area (Å²) < 4.78 is 1.76. The molecule has 0 saturated heterocycles. The topological polar surface area (TPSA) is 38.0 Å². The maximum atomic E-state index is 9.18. The smallest absolute Gasteiger partial charge is 0.133 e.